The molecule has 0 aromatic heterocycles. The summed E-state index contributed by atoms with van der Waals surface area (Å²) in [5.74, 6) is 0. The van der Waals surface area contributed by atoms with Crippen LogP contribution < -0.4 is 10.1 Å². The number of hydrogen-bond acceptors (Lipinski definition) is 5. The third kappa shape index (κ3) is 9.95. The van der Waals surface area contributed by atoms with E-state index in [0.717, 1.165) is 48.0 Å². The van der Waals surface area contributed by atoms with Gasteiger partial charge in [0.15, 0.2) is 16.6 Å². The molecule has 0 N–H and O–H groups in total. The summed E-state index contributed by atoms with van der Waals surface area (Å²) in [4.78, 5) is 12.3. The molecule has 1 rings (SSSR count). The zero-order valence-corrected chi connectivity index (χ0v) is 27.6. The number of carbonyl (C=O) groups is 1. The van der Waals surface area contributed by atoms with Gasteiger partial charge in [-0.3, -0.25) is 4.90 Å². The van der Waals surface area contributed by atoms with Crippen LogP contribution in [0.1, 0.15) is 19.8 Å². The average molecular weight is 562 g/mol. The molecule has 1 aromatic rings. The fraction of sp³-hybridized carbons (Fsp3) is 0.708. The number of anilines is 1. The highest BCUT2D eigenvalue weighted by Gasteiger charge is 2.41. The number of rotatable bonds is 16. The van der Waals surface area contributed by atoms with Crippen LogP contribution in [0.2, 0.25) is 63.0 Å². The molecule has 1 atom stereocenters. The van der Waals surface area contributed by atoms with Crippen LogP contribution in [0.4, 0.5) is 14.9 Å². The summed E-state index contributed by atoms with van der Waals surface area (Å²) >= 11 is 0. The van der Waals surface area contributed by atoms with Crippen molar-refractivity contribution in [2.24, 2.45) is 0 Å². The first-order chi connectivity index (χ1) is 16.2. The van der Waals surface area contributed by atoms with E-state index in [1.165, 1.54) is 12.2 Å². The van der Waals surface area contributed by atoms with Crippen LogP contribution in [-0.4, -0.2) is 68.1 Å². The second kappa shape index (κ2) is 13.8. The monoisotopic (exact) mass is 561 g/mol. The van der Waals surface area contributed by atoms with Crippen LogP contribution in [0.3, 0.4) is 0 Å². The molecule has 35 heavy (non-hydrogen) atoms. The van der Waals surface area contributed by atoms with Crippen LogP contribution in [0.15, 0.2) is 24.3 Å². The first-order valence-electron chi connectivity index (χ1n) is 12.6. The molecule has 0 aliphatic rings. The lowest BCUT2D eigenvalue weighted by atomic mass is 10.3. The Morgan fingerprint density at radius 2 is 1.51 bits per heavy atom. The molecule has 202 valence electrons. The van der Waals surface area contributed by atoms with Crippen LogP contribution in [0.25, 0.3) is 0 Å². The Balaban J connectivity index is 2.90. The molecule has 0 saturated carbocycles. The van der Waals surface area contributed by atoms with Gasteiger partial charge in [-0.25, -0.2) is 4.79 Å². The number of carbonyl (C=O) groups excluding carboxylic acids is 1. The summed E-state index contributed by atoms with van der Waals surface area (Å²) in [6.07, 6.45) is 0.665. The van der Waals surface area contributed by atoms with Crippen LogP contribution >= 0.6 is 0 Å². The standard InChI is InChI=1S/C24H48FNO5Si4/c1-11-16-34(10,31-33(8,9)17-13-18-35(28-3,29-4)30-5)20-19-32(6,7)23-15-12-14-22(21-23)26(2)24(25)27/h12,14-15,21H,11,13,16-20H2,1-10H3. The van der Waals surface area contributed by atoms with E-state index in [0.29, 0.717) is 5.69 Å². The van der Waals surface area contributed by atoms with E-state index < -0.39 is 39.7 Å². The largest absolute Gasteiger partial charge is 0.500 e. The third-order valence-corrected chi connectivity index (χ3v) is 22.4. The fourth-order valence-electron chi connectivity index (χ4n) is 4.72. The molecule has 0 heterocycles. The van der Waals surface area contributed by atoms with Crippen LogP contribution in [-0.2, 0) is 17.4 Å². The highest BCUT2D eigenvalue weighted by Crippen LogP contribution is 2.32. The lowest BCUT2D eigenvalue weighted by Gasteiger charge is -2.38. The van der Waals surface area contributed by atoms with Crippen molar-refractivity contribution in [3.8, 4) is 0 Å². The lowest BCUT2D eigenvalue weighted by molar-refractivity contribution is 0.123. The van der Waals surface area contributed by atoms with Crippen molar-refractivity contribution < 1.29 is 26.6 Å². The Bertz CT molecular complexity index is 802. The Kier molecular flexibility index (Phi) is 12.7. The molecule has 6 nitrogen and oxygen atoms in total. The van der Waals surface area contributed by atoms with Crippen molar-refractivity contribution in [2.45, 2.75) is 82.7 Å². The zero-order chi connectivity index (χ0) is 26.9. The molecule has 11 heteroatoms. The van der Waals surface area contributed by atoms with Crippen molar-refractivity contribution in [1.82, 2.24) is 0 Å². The Morgan fingerprint density at radius 3 is 2.03 bits per heavy atom. The van der Waals surface area contributed by atoms with Gasteiger partial charge in [0, 0.05) is 40.1 Å². The smallest absolute Gasteiger partial charge is 0.455 e. The van der Waals surface area contributed by atoms with Crippen LogP contribution in [0.5, 0.6) is 0 Å². The Labute approximate surface area is 217 Å². The first-order valence-corrected chi connectivity index (χ1v) is 23.7. The van der Waals surface area contributed by atoms with Gasteiger partial charge in [-0.1, -0.05) is 49.8 Å². The van der Waals surface area contributed by atoms with Gasteiger partial charge in [0.1, 0.15) is 0 Å². The number of hydrogen-bond donors (Lipinski definition) is 0. The molecule has 0 fully saturated rings. The second-order valence-electron chi connectivity index (χ2n) is 11.0. The fourth-order valence-corrected chi connectivity index (χ4v) is 21.7. The summed E-state index contributed by atoms with van der Waals surface area (Å²) in [6, 6.07) is 13.1. The van der Waals surface area contributed by atoms with Gasteiger partial charge in [0.25, 0.3) is 0 Å². The van der Waals surface area contributed by atoms with Gasteiger partial charge < -0.3 is 17.4 Å². The van der Waals surface area contributed by atoms with Gasteiger partial charge in [-0.2, -0.15) is 0 Å². The highest BCUT2D eigenvalue weighted by molar-refractivity contribution is 6.92. The summed E-state index contributed by atoms with van der Waals surface area (Å²) in [5.41, 5.74) is 0.608. The topological polar surface area (TPSA) is 57.2 Å². The summed E-state index contributed by atoms with van der Waals surface area (Å²) < 4.78 is 37.1. The van der Waals surface area contributed by atoms with E-state index in [2.05, 4.69) is 45.7 Å². The molecule has 0 aliphatic carbocycles. The molecule has 0 saturated heterocycles. The van der Waals surface area contributed by atoms with E-state index >= 15 is 0 Å². The Hall–Kier alpha value is -0.672. The summed E-state index contributed by atoms with van der Waals surface area (Å²) in [7, 11) is -1.68. The minimum Gasteiger partial charge on any atom is -0.455 e. The number of benzene rings is 1. The zero-order valence-electron chi connectivity index (χ0n) is 23.6. The maximum absolute atomic E-state index is 13.2. The van der Waals surface area contributed by atoms with Crippen molar-refractivity contribution in [3.05, 3.63) is 24.3 Å². The number of nitrogens with zero attached hydrogens (tertiary/aromatic N) is 1. The Morgan fingerprint density at radius 1 is 0.914 bits per heavy atom. The van der Waals surface area contributed by atoms with E-state index in [-0.39, 0.29) is 0 Å². The summed E-state index contributed by atoms with van der Waals surface area (Å²) in [5, 5.41) is 1.24. The molecule has 0 spiro atoms. The molecular weight excluding hydrogens is 514 g/mol. The van der Waals surface area contributed by atoms with Gasteiger partial charge in [0.05, 0.1) is 8.07 Å². The minimum absolute atomic E-state index is 0.608. The highest BCUT2D eigenvalue weighted by atomic mass is 28.4. The van der Waals surface area contributed by atoms with Crippen LogP contribution in [0, 0.1) is 0 Å². The van der Waals surface area contributed by atoms with E-state index in [9.17, 15) is 9.18 Å². The van der Waals surface area contributed by atoms with Crippen molar-refractivity contribution >= 4 is 50.5 Å². The van der Waals surface area contributed by atoms with Crippen molar-refractivity contribution in [2.75, 3.05) is 33.3 Å². The quantitative estimate of drug-likeness (QED) is 0.129. The normalized spacial score (nSPS) is 14.6. The lowest BCUT2D eigenvalue weighted by Crippen LogP contribution is -2.49. The van der Waals surface area contributed by atoms with Gasteiger partial charge in [0.2, 0.25) is 0 Å². The molecule has 1 aromatic carbocycles. The van der Waals surface area contributed by atoms with Gasteiger partial charge >= 0.3 is 15.0 Å². The van der Waals surface area contributed by atoms with Gasteiger partial charge in [-0.15, -0.1) is 4.39 Å². The van der Waals surface area contributed by atoms with E-state index in [1.807, 2.05) is 12.1 Å². The molecule has 0 radical (unpaired) electrons. The minimum atomic E-state index is -2.55. The maximum Gasteiger partial charge on any atom is 0.500 e. The van der Waals surface area contributed by atoms with E-state index in [4.69, 9.17) is 17.4 Å². The van der Waals surface area contributed by atoms with E-state index in [1.54, 1.807) is 27.4 Å². The molecule has 1 unspecified atom stereocenters. The first kappa shape index (κ1) is 32.4. The third-order valence-electron chi connectivity index (χ3n) is 7.05. The van der Waals surface area contributed by atoms with Crippen molar-refractivity contribution in [1.29, 1.82) is 0 Å². The van der Waals surface area contributed by atoms with Crippen molar-refractivity contribution in [3.63, 3.8) is 0 Å². The SMILES string of the molecule is CCC[Si](C)(CC[Si](C)(C)c1cccc(N(C)C(=O)F)c1)O[Si](C)(C)CCC[Si](OC)(OC)OC. The molecular formula is C24H48FNO5Si4. The molecule has 0 bridgehead atoms. The average Bonchev–Trinajstić information content (AvgIpc) is 2.80. The second-order valence-corrected chi connectivity index (χ2v) is 27.6. The number of halogens is 1. The summed E-state index contributed by atoms with van der Waals surface area (Å²) in [6.45, 7) is 14.0. The molecule has 0 aliphatic heterocycles. The predicted octanol–water partition coefficient (Wildman–Crippen LogP) is 6.60. The van der Waals surface area contributed by atoms with Gasteiger partial charge in [-0.05, 0) is 56.3 Å². The maximum atomic E-state index is 13.2. The number of amides is 1. The molecule has 1 amide bonds. The predicted molar refractivity (Wildman–Crippen MR) is 154 cm³/mol.